The molecule has 2 aromatic carbocycles. The van der Waals surface area contributed by atoms with Gasteiger partial charge in [0.1, 0.15) is 6.10 Å². The first kappa shape index (κ1) is 13.1. The molecule has 1 amide bonds. The quantitative estimate of drug-likeness (QED) is 0.781. The van der Waals surface area contributed by atoms with Crippen LogP contribution in [0.15, 0.2) is 30.3 Å². The largest absolute Gasteiger partial charge is 0.390 e. The minimum atomic E-state index is -1.18. The summed E-state index contributed by atoms with van der Waals surface area (Å²) >= 11 is 0. The van der Waals surface area contributed by atoms with E-state index in [-0.39, 0.29) is 6.42 Å². The summed E-state index contributed by atoms with van der Waals surface area (Å²) in [6.07, 6.45) is -0.505. The Morgan fingerprint density at radius 2 is 1.85 bits per heavy atom. The fraction of sp³-hybridized carbons (Fsp3) is 0.312. The molecule has 0 aliphatic heterocycles. The maximum Gasteiger partial charge on any atom is 0.220 e. The first-order chi connectivity index (χ1) is 9.58. The summed E-state index contributed by atoms with van der Waals surface area (Å²) in [6.45, 7) is 0. The second-order valence-corrected chi connectivity index (χ2v) is 5.34. The Bertz CT molecular complexity index is 670. The Morgan fingerprint density at radius 3 is 2.55 bits per heavy atom. The number of hydrogen-bond acceptors (Lipinski definition) is 3. The van der Waals surface area contributed by atoms with Crippen molar-refractivity contribution in [3.8, 4) is 0 Å². The highest BCUT2D eigenvalue weighted by Gasteiger charge is 2.24. The molecule has 0 saturated carbocycles. The van der Waals surface area contributed by atoms with E-state index in [0.29, 0.717) is 5.56 Å². The Balaban J connectivity index is 2.07. The molecule has 0 heterocycles. The third kappa shape index (κ3) is 2.07. The molecule has 0 saturated heterocycles. The predicted molar refractivity (Wildman–Crippen MR) is 76.1 cm³/mol. The number of nitrogens with two attached hydrogens (primary N) is 1. The molecule has 2 aromatic rings. The minimum absolute atomic E-state index is 0.246. The maximum absolute atomic E-state index is 10.9. The van der Waals surface area contributed by atoms with E-state index in [4.69, 9.17) is 5.73 Å². The number of carbonyl (C=O) groups is 1. The summed E-state index contributed by atoms with van der Waals surface area (Å²) in [5.41, 5.74) is 8.27. The number of hydrogen-bond donors (Lipinski definition) is 3. The molecule has 104 valence electrons. The van der Waals surface area contributed by atoms with Crippen molar-refractivity contribution in [3.63, 3.8) is 0 Å². The van der Waals surface area contributed by atoms with Gasteiger partial charge in [0.2, 0.25) is 5.91 Å². The number of primary amides is 1. The predicted octanol–water partition coefficient (Wildman–Crippen LogP) is 1.21. The third-order valence-electron chi connectivity index (χ3n) is 4.00. The Morgan fingerprint density at radius 1 is 1.15 bits per heavy atom. The zero-order chi connectivity index (χ0) is 14.3. The highest BCUT2D eigenvalue weighted by atomic mass is 16.3. The van der Waals surface area contributed by atoms with Crippen LogP contribution >= 0.6 is 0 Å². The maximum atomic E-state index is 10.9. The van der Waals surface area contributed by atoms with Gasteiger partial charge < -0.3 is 15.9 Å². The number of aliphatic hydroxyl groups excluding tert-OH is 2. The SMILES string of the molecule is NC(=O)CC(O)C(O)c1ccc2c3c(cccc13)CC2. The third-order valence-corrected chi connectivity index (χ3v) is 4.00. The van der Waals surface area contributed by atoms with Gasteiger partial charge in [-0.3, -0.25) is 4.79 Å². The molecule has 0 aromatic heterocycles. The van der Waals surface area contributed by atoms with Crippen LogP contribution in [0.4, 0.5) is 0 Å². The molecule has 1 aliphatic rings. The molecule has 0 spiro atoms. The summed E-state index contributed by atoms with van der Waals surface area (Å²) in [5.74, 6) is -0.623. The molecular weight excluding hydrogens is 254 g/mol. The van der Waals surface area contributed by atoms with E-state index in [0.717, 1.165) is 18.2 Å². The van der Waals surface area contributed by atoms with E-state index in [9.17, 15) is 15.0 Å². The summed E-state index contributed by atoms with van der Waals surface area (Å²) in [5, 5.41) is 22.3. The van der Waals surface area contributed by atoms with Crippen LogP contribution in [0.2, 0.25) is 0 Å². The first-order valence-electron chi connectivity index (χ1n) is 6.75. The minimum Gasteiger partial charge on any atom is -0.390 e. The molecule has 0 bridgehead atoms. The number of carbonyl (C=O) groups excluding carboxylic acids is 1. The summed E-state index contributed by atoms with van der Waals surface area (Å²) in [7, 11) is 0. The fourth-order valence-corrected chi connectivity index (χ4v) is 3.05. The highest BCUT2D eigenvalue weighted by Crippen LogP contribution is 2.35. The van der Waals surface area contributed by atoms with Crippen molar-refractivity contribution in [3.05, 3.63) is 47.0 Å². The van der Waals surface area contributed by atoms with E-state index >= 15 is 0 Å². The first-order valence-corrected chi connectivity index (χ1v) is 6.75. The van der Waals surface area contributed by atoms with Crippen molar-refractivity contribution >= 4 is 16.7 Å². The Labute approximate surface area is 116 Å². The summed E-state index contributed by atoms with van der Waals surface area (Å²) < 4.78 is 0. The average Bonchev–Trinajstić information content (AvgIpc) is 2.83. The zero-order valence-corrected chi connectivity index (χ0v) is 11.0. The summed E-state index contributed by atoms with van der Waals surface area (Å²) in [6, 6.07) is 9.83. The van der Waals surface area contributed by atoms with E-state index in [2.05, 4.69) is 6.07 Å². The number of aliphatic hydroxyl groups is 2. The molecule has 0 fully saturated rings. The van der Waals surface area contributed by atoms with E-state index in [1.54, 1.807) is 0 Å². The standard InChI is InChI=1S/C16H17NO3/c17-14(19)8-13(18)16(20)12-7-6-10-5-4-9-2-1-3-11(12)15(9)10/h1-3,6-7,13,16,18,20H,4-5,8H2,(H2,17,19). The molecule has 20 heavy (non-hydrogen) atoms. The van der Waals surface area contributed by atoms with Crippen LogP contribution in [0.3, 0.4) is 0 Å². The molecule has 4 heteroatoms. The Hall–Kier alpha value is -1.91. The van der Waals surface area contributed by atoms with Crippen molar-refractivity contribution in [1.29, 1.82) is 0 Å². The highest BCUT2D eigenvalue weighted by molar-refractivity contribution is 5.93. The van der Waals surface area contributed by atoms with Gasteiger partial charge in [-0.1, -0.05) is 30.3 Å². The smallest absolute Gasteiger partial charge is 0.220 e. The molecule has 4 nitrogen and oxygen atoms in total. The lowest BCUT2D eigenvalue weighted by atomic mass is 9.93. The second kappa shape index (κ2) is 4.89. The van der Waals surface area contributed by atoms with Crippen LogP contribution in [0.5, 0.6) is 0 Å². The molecule has 0 radical (unpaired) electrons. The van der Waals surface area contributed by atoms with Crippen LogP contribution in [0.25, 0.3) is 10.8 Å². The van der Waals surface area contributed by atoms with Crippen molar-refractivity contribution in [2.24, 2.45) is 5.73 Å². The molecule has 4 N–H and O–H groups in total. The summed E-state index contributed by atoms with van der Waals surface area (Å²) in [4.78, 5) is 10.9. The zero-order valence-electron chi connectivity index (χ0n) is 11.0. The molecule has 2 atom stereocenters. The van der Waals surface area contributed by atoms with Gasteiger partial charge in [-0.2, -0.15) is 0 Å². The van der Waals surface area contributed by atoms with Gasteiger partial charge in [0, 0.05) is 0 Å². The normalized spacial score (nSPS) is 16.3. The van der Waals surface area contributed by atoms with E-state index in [1.807, 2.05) is 24.3 Å². The van der Waals surface area contributed by atoms with Gasteiger partial charge in [0.15, 0.2) is 0 Å². The van der Waals surface area contributed by atoms with Crippen molar-refractivity contribution < 1.29 is 15.0 Å². The topological polar surface area (TPSA) is 83.6 Å². The van der Waals surface area contributed by atoms with Crippen LogP contribution < -0.4 is 5.73 Å². The van der Waals surface area contributed by atoms with Crippen LogP contribution in [-0.4, -0.2) is 22.2 Å². The van der Waals surface area contributed by atoms with Crippen molar-refractivity contribution in [1.82, 2.24) is 0 Å². The van der Waals surface area contributed by atoms with E-state index < -0.39 is 18.1 Å². The van der Waals surface area contributed by atoms with Gasteiger partial charge >= 0.3 is 0 Å². The van der Waals surface area contributed by atoms with Gasteiger partial charge in [-0.25, -0.2) is 0 Å². The lowest BCUT2D eigenvalue weighted by Crippen LogP contribution is -2.25. The van der Waals surface area contributed by atoms with Gasteiger partial charge in [0.05, 0.1) is 12.5 Å². The average molecular weight is 271 g/mol. The Kier molecular flexibility index (Phi) is 3.20. The van der Waals surface area contributed by atoms with Crippen molar-refractivity contribution in [2.75, 3.05) is 0 Å². The fourth-order valence-electron chi connectivity index (χ4n) is 3.05. The van der Waals surface area contributed by atoms with Gasteiger partial charge in [0.25, 0.3) is 0 Å². The number of benzene rings is 2. The molecule has 1 aliphatic carbocycles. The number of rotatable bonds is 4. The molecule has 2 unspecified atom stereocenters. The number of amides is 1. The lowest BCUT2D eigenvalue weighted by molar-refractivity contribution is -0.121. The number of aryl methyl sites for hydroxylation is 2. The van der Waals surface area contributed by atoms with Crippen LogP contribution in [-0.2, 0) is 17.6 Å². The van der Waals surface area contributed by atoms with Gasteiger partial charge in [-0.15, -0.1) is 0 Å². The van der Waals surface area contributed by atoms with Gasteiger partial charge in [-0.05, 0) is 40.3 Å². The second-order valence-electron chi connectivity index (χ2n) is 5.34. The molecular formula is C16H17NO3. The molecule has 3 rings (SSSR count). The lowest BCUT2D eigenvalue weighted by Gasteiger charge is -2.19. The van der Waals surface area contributed by atoms with E-state index in [1.165, 1.54) is 16.5 Å². The van der Waals surface area contributed by atoms with Crippen molar-refractivity contribution in [2.45, 2.75) is 31.5 Å². The monoisotopic (exact) mass is 271 g/mol. The van der Waals surface area contributed by atoms with Crippen LogP contribution in [0, 0.1) is 0 Å². The van der Waals surface area contributed by atoms with Crippen LogP contribution in [0.1, 0.15) is 29.2 Å².